The summed E-state index contributed by atoms with van der Waals surface area (Å²) in [7, 11) is 0. The third kappa shape index (κ3) is 3.16. The highest BCUT2D eigenvalue weighted by atomic mass is 35.5. The molecule has 0 saturated carbocycles. The topological polar surface area (TPSA) is 37.1 Å². The Morgan fingerprint density at radius 3 is 2.10 bits per heavy atom. The molecule has 1 spiro atoms. The van der Waals surface area contributed by atoms with Crippen LogP contribution in [0.3, 0.4) is 0 Å². The number of hydrogen-bond acceptors (Lipinski definition) is 2. The number of amides is 2. The van der Waals surface area contributed by atoms with Gasteiger partial charge in [-0.2, -0.15) is 0 Å². The van der Waals surface area contributed by atoms with Gasteiger partial charge in [-0.3, -0.25) is 9.80 Å². The van der Waals surface area contributed by atoms with Crippen molar-refractivity contribution in [1.29, 1.82) is 0 Å². The molecule has 2 aliphatic heterocycles. The van der Waals surface area contributed by atoms with Crippen molar-refractivity contribution in [1.82, 2.24) is 0 Å². The van der Waals surface area contributed by atoms with Crippen LogP contribution >= 0.6 is 23.2 Å². The van der Waals surface area contributed by atoms with E-state index in [1.807, 2.05) is 42.5 Å². The standard InChI is InChI=1S/C24H17Cl2N3O2/c1-27-19-4-2-3-16(13-19)22-24(14-31-15-24)29(21-11-7-18(26)8-12-21)23(30)28(22)20-9-5-17(25)6-10-20/h2-13,22H,14-15H2/t22-/m0/s1. The van der Waals surface area contributed by atoms with Gasteiger partial charge in [0.15, 0.2) is 5.69 Å². The highest BCUT2D eigenvalue weighted by Gasteiger charge is 2.62. The van der Waals surface area contributed by atoms with E-state index in [-0.39, 0.29) is 12.1 Å². The summed E-state index contributed by atoms with van der Waals surface area (Å²) in [5.74, 6) is 0. The van der Waals surface area contributed by atoms with Gasteiger partial charge in [0.25, 0.3) is 0 Å². The maximum Gasteiger partial charge on any atom is 0.330 e. The number of carbonyl (C=O) groups is 1. The van der Waals surface area contributed by atoms with Crippen molar-refractivity contribution < 1.29 is 9.53 Å². The van der Waals surface area contributed by atoms with Gasteiger partial charge < -0.3 is 4.74 Å². The molecule has 0 bridgehead atoms. The summed E-state index contributed by atoms with van der Waals surface area (Å²) < 4.78 is 5.67. The van der Waals surface area contributed by atoms with Crippen molar-refractivity contribution in [2.45, 2.75) is 11.6 Å². The van der Waals surface area contributed by atoms with Crippen LogP contribution in [0.1, 0.15) is 11.6 Å². The molecule has 0 unspecified atom stereocenters. The molecule has 2 saturated heterocycles. The summed E-state index contributed by atoms with van der Waals surface area (Å²) in [4.78, 5) is 21.0. The van der Waals surface area contributed by atoms with Crippen molar-refractivity contribution >= 4 is 46.3 Å². The highest BCUT2D eigenvalue weighted by Crippen LogP contribution is 2.51. The van der Waals surface area contributed by atoms with E-state index in [0.717, 1.165) is 16.9 Å². The zero-order valence-corrected chi connectivity index (χ0v) is 17.8. The van der Waals surface area contributed by atoms with Gasteiger partial charge in [0, 0.05) is 21.4 Å². The molecule has 7 heteroatoms. The van der Waals surface area contributed by atoms with Crippen LogP contribution in [-0.4, -0.2) is 24.8 Å². The number of urea groups is 1. The lowest BCUT2D eigenvalue weighted by Gasteiger charge is -2.47. The van der Waals surface area contributed by atoms with Crippen LogP contribution in [-0.2, 0) is 4.74 Å². The molecule has 2 amide bonds. The predicted octanol–water partition coefficient (Wildman–Crippen LogP) is 6.50. The van der Waals surface area contributed by atoms with Crippen molar-refractivity contribution in [3.05, 3.63) is 99.8 Å². The number of anilines is 2. The average molecular weight is 450 g/mol. The summed E-state index contributed by atoms with van der Waals surface area (Å²) >= 11 is 12.2. The molecule has 2 fully saturated rings. The molecule has 2 aliphatic rings. The fourth-order valence-corrected chi connectivity index (χ4v) is 4.66. The second-order valence-electron chi connectivity index (χ2n) is 7.65. The molecule has 3 aromatic carbocycles. The van der Waals surface area contributed by atoms with E-state index in [2.05, 4.69) is 4.85 Å². The minimum absolute atomic E-state index is 0.161. The molecule has 0 aliphatic carbocycles. The second-order valence-corrected chi connectivity index (χ2v) is 8.52. The molecule has 5 nitrogen and oxygen atoms in total. The van der Waals surface area contributed by atoms with Gasteiger partial charge in [-0.25, -0.2) is 9.64 Å². The Bertz CT molecular complexity index is 1180. The van der Waals surface area contributed by atoms with Crippen LogP contribution in [0.15, 0.2) is 72.8 Å². The van der Waals surface area contributed by atoms with Crippen LogP contribution in [0, 0.1) is 6.57 Å². The summed E-state index contributed by atoms with van der Waals surface area (Å²) in [5.41, 5.74) is 2.29. The highest BCUT2D eigenvalue weighted by molar-refractivity contribution is 6.31. The maximum atomic E-state index is 13.9. The lowest BCUT2D eigenvalue weighted by atomic mass is 9.82. The Labute approximate surface area is 190 Å². The van der Waals surface area contributed by atoms with Gasteiger partial charge in [0.1, 0.15) is 5.54 Å². The quantitative estimate of drug-likeness (QED) is 0.427. The van der Waals surface area contributed by atoms with Crippen LogP contribution in [0.4, 0.5) is 21.9 Å². The van der Waals surface area contributed by atoms with Gasteiger partial charge in [-0.1, -0.05) is 47.5 Å². The van der Waals surface area contributed by atoms with Crippen LogP contribution in [0.2, 0.25) is 10.0 Å². The molecule has 0 radical (unpaired) electrons. The number of rotatable bonds is 3. The predicted molar refractivity (Wildman–Crippen MR) is 122 cm³/mol. The Morgan fingerprint density at radius 1 is 0.935 bits per heavy atom. The summed E-state index contributed by atoms with van der Waals surface area (Å²) in [6.07, 6.45) is 0. The van der Waals surface area contributed by atoms with Crippen molar-refractivity contribution in [2.24, 2.45) is 0 Å². The first kappa shape index (κ1) is 19.9. The number of hydrogen-bond donors (Lipinski definition) is 0. The zero-order chi connectivity index (χ0) is 21.6. The molecule has 5 rings (SSSR count). The molecule has 1 atom stereocenters. The molecule has 31 heavy (non-hydrogen) atoms. The van der Waals surface area contributed by atoms with Crippen molar-refractivity contribution in [2.75, 3.05) is 23.0 Å². The average Bonchev–Trinajstić information content (AvgIpc) is 3.04. The molecule has 154 valence electrons. The molecule has 2 heterocycles. The first-order valence-corrected chi connectivity index (χ1v) is 10.5. The number of ether oxygens (including phenoxy) is 1. The third-order valence-corrected chi connectivity index (χ3v) is 6.32. The Balaban J connectivity index is 1.71. The maximum absolute atomic E-state index is 13.9. The summed E-state index contributed by atoms with van der Waals surface area (Å²) in [6, 6.07) is 21.4. The Kier molecular flexibility index (Phi) is 4.86. The van der Waals surface area contributed by atoms with Crippen molar-refractivity contribution in [3.8, 4) is 0 Å². The van der Waals surface area contributed by atoms with E-state index in [4.69, 9.17) is 34.5 Å². The van der Waals surface area contributed by atoms with Crippen LogP contribution in [0.5, 0.6) is 0 Å². The molecule has 3 aromatic rings. The van der Waals surface area contributed by atoms with E-state index in [0.29, 0.717) is 28.9 Å². The number of nitrogens with zero attached hydrogens (tertiary/aromatic N) is 3. The van der Waals surface area contributed by atoms with Crippen LogP contribution < -0.4 is 9.80 Å². The summed E-state index contributed by atoms with van der Waals surface area (Å²) in [5, 5.41) is 1.20. The number of halogens is 2. The first-order valence-electron chi connectivity index (χ1n) is 9.73. The second kappa shape index (κ2) is 7.58. The van der Waals surface area contributed by atoms with E-state index in [1.165, 1.54) is 0 Å². The van der Waals surface area contributed by atoms with E-state index >= 15 is 0 Å². The SMILES string of the molecule is [C-]#[N+]c1cccc([C@@H]2N(c3ccc(Cl)cc3)C(=O)N(c3ccc(Cl)cc3)C23COC3)c1. The van der Waals surface area contributed by atoms with E-state index in [1.54, 1.807) is 40.1 Å². The smallest absolute Gasteiger partial charge is 0.330 e. The van der Waals surface area contributed by atoms with E-state index in [9.17, 15) is 4.79 Å². The fourth-order valence-electron chi connectivity index (χ4n) is 4.41. The summed E-state index contributed by atoms with van der Waals surface area (Å²) in [6.45, 7) is 8.20. The Hall–Kier alpha value is -3.04. The lowest BCUT2D eigenvalue weighted by molar-refractivity contribution is -0.0579. The van der Waals surface area contributed by atoms with Gasteiger partial charge in [0.05, 0.1) is 25.8 Å². The molecular formula is C24H17Cl2N3O2. The molecular weight excluding hydrogens is 433 g/mol. The minimum Gasteiger partial charge on any atom is -0.376 e. The molecule has 0 N–H and O–H groups in total. The van der Waals surface area contributed by atoms with Gasteiger partial charge >= 0.3 is 6.03 Å². The Morgan fingerprint density at radius 2 is 1.55 bits per heavy atom. The zero-order valence-electron chi connectivity index (χ0n) is 16.3. The number of carbonyl (C=O) groups excluding carboxylic acids is 1. The van der Waals surface area contributed by atoms with Gasteiger partial charge in [-0.05, 0) is 54.1 Å². The monoisotopic (exact) mass is 449 g/mol. The lowest BCUT2D eigenvalue weighted by Crippen LogP contribution is -2.62. The largest absolute Gasteiger partial charge is 0.376 e. The minimum atomic E-state index is -0.606. The number of benzene rings is 3. The van der Waals surface area contributed by atoms with Crippen molar-refractivity contribution in [3.63, 3.8) is 0 Å². The third-order valence-electron chi connectivity index (χ3n) is 5.82. The fraction of sp³-hybridized carbons (Fsp3) is 0.167. The molecule has 0 aromatic heterocycles. The van der Waals surface area contributed by atoms with Crippen LogP contribution in [0.25, 0.3) is 4.85 Å². The normalized spacial score (nSPS) is 19.4. The van der Waals surface area contributed by atoms with Gasteiger partial charge in [-0.15, -0.1) is 0 Å². The van der Waals surface area contributed by atoms with Gasteiger partial charge in [0.2, 0.25) is 0 Å². The first-order chi connectivity index (χ1) is 15.0. The van der Waals surface area contributed by atoms with E-state index < -0.39 is 5.54 Å².